The van der Waals surface area contributed by atoms with Gasteiger partial charge in [0.2, 0.25) is 6.79 Å². The molecular weight excluding hydrogens is 206 g/mol. The summed E-state index contributed by atoms with van der Waals surface area (Å²) in [6.07, 6.45) is 1.81. The second-order valence-electron chi connectivity index (χ2n) is 3.64. The fourth-order valence-corrected chi connectivity index (χ4v) is 1.78. The van der Waals surface area contributed by atoms with E-state index in [-0.39, 0.29) is 13.4 Å². The molecule has 4 nitrogen and oxygen atoms in total. The van der Waals surface area contributed by atoms with Crippen LogP contribution in [0.1, 0.15) is 17.5 Å². The van der Waals surface area contributed by atoms with E-state index in [0.29, 0.717) is 18.6 Å². The summed E-state index contributed by atoms with van der Waals surface area (Å²) in [7, 11) is 0. The second-order valence-corrected chi connectivity index (χ2v) is 3.64. The molecule has 0 unspecified atom stereocenters. The van der Waals surface area contributed by atoms with E-state index in [1.165, 1.54) is 0 Å². The Kier molecular flexibility index (Phi) is 3.28. The largest absolute Gasteiger partial charge is 0.454 e. The zero-order valence-corrected chi connectivity index (χ0v) is 8.90. The van der Waals surface area contributed by atoms with E-state index in [1.54, 1.807) is 0 Å². The number of rotatable bonds is 4. The maximum atomic E-state index is 8.82. The van der Waals surface area contributed by atoms with Gasteiger partial charge in [-0.25, -0.2) is 0 Å². The van der Waals surface area contributed by atoms with Crippen LogP contribution in [0.3, 0.4) is 0 Å². The Bertz CT molecular complexity index is 423. The molecule has 0 aliphatic carbocycles. The van der Waals surface area contributed by atoms with Gasteiger partial charge < -0.3 is 14.6 Å². The van der Waals surface area contributed by atoms with Gasteiger partial charge in [0.15, 0.2) is 11.5 Å². The van der Waals surface area contributed by atoms with Crippen molar-refractivity contribution in [2.75, 3.05) is 13.4 Å². The SMILES string of the molecule is N#CCc1cc2c(cc1CCCO)OCO2. The zero-order valence-electron chi connectivity index (χ0n) is 8.90. The Morgan fingerprint density at radius 2 is 1.94 bits per heavy atom. The first-order chi connectivity index (χ1) is 7.85. The topological polar surface area (TPSA) is 62.5 Å². The molecule has 4 heteroatoms. The molecule has 1 heterocycles. The summed E-state index contributed by atoms with van der Waals surface area (Å²) in [6.45, 7) is 0.394. The lowest BCUT2D eigenvalue weighted by Gasteiger charge is -2.07. The molecule has 2 rings (SSSR count). The number of aliphatic hydroxyl groups excluding tert-OH is 1. The summed E-state index contributed by atoms with van der Waals surface area (Å²) in [5.74, 6) is 1.44. The summed E-state index contributed by atoms with van der Waals surface area (Å²) >= 11 is 0. The monoisotopic (exact) mass is 219 g/mol. The van der Waals surface area contributed by atoms with Crippen LogP contribution in [0.15, 0.2) is 12.1 Å². The molecule has 0 amide bonds. The van der Waals surface area contributed by atoms with Crippen molar-refractivity contribution in [3.05, 3.63) is 23.3 Å². The van der Waals surface area contributed by atoms with E-state index in [9.17, 15) is 0 Å². The maximum absolute atomic E-state index is 8.82. The summed E-state index contributed by atoms with van der Waals surface area (Å²) in [4.78, 5) is 0. The van der Waals surface area contributed by atoms with Gasteiger partial charge in [0.1, 0.15) is 0 Å². The van der Waals surface area contributed by atoms with E-state index in [2.05, 4.69) is 6.07 Å². The highest BCUT2D eigenvalue weighted by Crippen LogP contribution is 2.35. The molecule has 0 radical (unpaired) electrons. The van der Waals surface area contributed by atoms with Crippen molar-refractivity contribution in [2.24, 2.45) is 0 Å². The molecule has 1 aromatic rings. The van der Waals surface area contributed by atoms with E-state index in [1.807, 2.05) is 12.1 Å². The number of aliphatic hydroxyl groups is 1. The van der Waals surface area contributed by atoms with Gasteiger partial charge in [-0.15, -0.1) is 0 Å². The van der Waals surface area contributed by atoms with Gasteiger partial charge in [-0.3, -0.25) is 0 Å². The number of ether oxygens (including phenoxy) is 2. The molecule has 1 aliphatic heterocycles. The Morgan fingerprint density at radius 3 is 2.56 bits per heavy atom. The van der Waals surface area contributed by atoms with Gasteiger partial charge in [0.05, 0.1) is 12.5 Å². The summed E-state index contributed by atoms with van der Waals surface area (Å²) < 4.78 is 10.5. The van der Waals surface area contributed by atoms with Crippen LogP contribution in [0.5, 0.6) is 11.5 Å². The molecule has 16 heavy (non-hydrogen) atoms. The highest BCUT2D eigenvalue weighted by Gasteiger charge is 2.16. The highest BCUT2D eigenvalue weighted by atomic mass is 16.7. The number of hydrogen-bond donors (Lipinski definition) is 1. The summed E-state index contributed by atoms with van der Waals surface area (Å²) in [6, 6.07) is 5.90. The van der Waals surface area contributed by atoms with Crippen LogP contribution < -0.4 is 9.47 Å². The smallest absolute Gasteiger partial charge is 0.231 e. The van der Waals surface area contributed by atoms with Crippen LogP contribution in [0.4, 0.5) is 0 Å². The van der Waals surface area contributed by atoms with Crippen LogP contribution in [0.25, 0.3) is 0 Å². The second kappa shape index (κ2) is 4.86. The first-order valence-electron chi connectivity index (χ1n) is 5.24. The molecule has 1 N–H and O–H groups in total. The third-order valence-corrected chi connectivity index (χ3v) is 2.57. The van der Waals surface area contributed by atoms with Crippen LogP contribution >= 0.6 is 0 Å². The third kappa shape index (κ3) is 2.10. The lowest BCUT2D eigenvalue weighted by Crippen LogP contribution is -1.96. The van der Waals surface area contributed by atoms with Crippen molar-refractivity contribution in [1.82, 2.24) is 0 Å². The van der Waals surface area contributed by atoms with Crippen LogP contribution in [0, 0.1) is 11.3 Å². The van der Waals surface area contributed by atoms with Crippen molar-refractivity contribution >= 4 is 0 Å². The minimum absolute atomic E-state index is 0.153. The van der Waals surface area contributed by atoms with E-state index < -0.39 is 0 Å². The van der Waals surface area contributed by atoms with Crippen molar-refractivity contribution < 1.29 is 14.6 Å². The van der Waals surface area contributed by atoms with Crippen molar-refractivity contribution in [3.8, 4) is 17.6 Å². The standard InChI is InChI=1S/C12H13NO3/c13-4-3-10-7-12-11(15-8-16-12)6-9(10)2-1-5-14/h6-7,14H,1-3,5,8H2. The average molecular weight is 219 g/mol. The number of fused-ring (bicyclic) bond motifs is 1. The predicted octanol–water partition coefficient (Wildman–Crippen LogP) is 1.41. The lowest BCUT2D eigenvalue weighted by molar-refractivity contribution is 0.174. The number of aryl methyl sites for hydroxylation is 1. The molecule has 0 saturated carbocycles. The Balaban J connectivity index is 2.29. The molecule has 0 fully saturated rings. The quantitative estimate of drug-likeness (QED) is 0.831. The lowest BCUT2D eigenvalue weighted by atomic mass is 10.00. The van der Waals surface area contributed by atoms with E-state index in [0.717, 1.165) is 23.3 Å². The molecule has 0 bridgehead atoms. The van der Waals surface area contributed by atoms with Crippen molar-refractivity contribution in [3.63, 3.8) is 0 Å². The number of hydrogen-bond acceptors (Lipinski definition) is 4. The molecule has 84 valence electrons. The third-order valence-electron chi connectivity index (χ3n) is 2.57. The first-order valence-corrected chi connectivity index (χ1v) is 5.24. The predicted molar refractivity (Wildman–Crippen MR) is 57.3 cm³/mol. The van der Waals surface area contributed by atoms with Crippen LogP contribution in [-0.4, -0.2) is 18.5 Å². The van der Waals surface area contributed by atoms with E-state index in [4.69, 9.17) is 19.8 Å². The van der Waals surface area contributed by atoms with Crippen LogP contribution in [-0.2, 0) is 12.8 Å². The number of nitriles is 1. The molecule has 0 aromatic heterocycles. The van der Waals surface area contributed by atoms with Gasteiger partial charge in [-0.1, -0.05) is 0 Å². The molecule has 0 atom stereocenters. The first kappa shape index (κ1) is 10.8. The van der Waals surface area contributed by atoms with Crippen molar-refractivity contribution in [1.29, 1.82) is 5.26 Å². The van der Waals surface area contributed by atoms with Gasteiger partial charge in [-0.05, 0) is 36.1 Å². The van der Waals surface area contributed by atoms with Crippen molar-refractivity contribution in [2.45, 2.75) is 19.3 Å². The van der Waals surface area contributed by atoms with Crippen LogP contribution in [0.2, 0.25) is 0 Å². The van der Waals surface area contributed by atoms with Gasteiger partial charge >= 0.3 is 0 Å². The van der Waals surface area contributed by atoms with Gasteiger partial charge in [0.25, 0.3) is 0 Å². The van der Waals surface area contributed by atoms with Gasteiger partial charge in [0, 0.05) is 6.61 Å². The molecule has 1 aliphatic rings. The average Bonchev–Trinajstić information content (AvgIpc) is 2.73. The normalized spacial score (nSPS) is 12.5. The van der Waals surface area contributed by atoms with E-state index >= 15 is 0 Å². The van der Waals surface area contributed by atoms with Gasteiger partial charge in [-0.2, -0.15) is 5.26 Å². The Hall–Kier alpha value is -1.73. The summed E-state index contributed by atoms with van der Waals surface area (Å²) in [5, 5.41) is 17.6. The fourth-order valence-electron chi connectivity index (χ4n) is 1.78. The molecular formula is C12H13NO3. The zero-order chi connectivity index (χ0) is 11.4. The molecule has 0 spiro atoms. The molecule has 0 saturated heterocycles. The summed E-state index contributed by atoms with van der Waals surface area (Å²) in [5.41, 5.74) is 2.01. The minimum atomic E-state index is 0.153. The highest BCUT2D eigenvalue weighted by molar-refractivity contribution is 5.49. The number of nitrogens with zero attached hydrogens (tertiary/aromatic N) is 1. The fraction of sp³-hybridized carbons (Fsp3) is 0.417. The number of benzene rings is 1. The minimum Gasteiger partial charge on any atom is -0.454 e. The Labute approximate surface area is 94.0 Å². The molecule has 1 aromatic carbocycles. The maximum Gasteiger partial charge on any atom is 0.231 e. The Morgan fingerprint density at radius 1 is 1.25 bits per heavy atom.